The van der Waals surface area contributed by atoms with Crippen LogP contribution < -0.4 is 24.2 Å². The number of nitrogens with two attached hydrogens (primary N) is 1. The summed E-state index contributed by atoms with van der Waals surface area (Å²) in [6, 6.07) is 6.09. The third-order valence-corrected chi connectivity index (χ3v) is 6.09. The largest absolute Gasteiger partial charge is 0.493 e. The molecule has 28 heavy (non-hydrogen) atoms. The Labute approximate surface area is 178 Å². The Morgan fingerprint density at radius 2 is 1.86 bits per heavy atom. The molecule has 0 amide bonds. The maximum Gasteiger partial charge on any atom is 0.162 e. The average Bonchev–Trinajstić information content (AvgIpc) is 2.70. The highest BCUT2D eigenvalue weighted by Gasteiger charge is 2.32. The van der Waals surface area contributed by atoms with E-state index in [4.69, 9.17) is 14.6 Å². The summed E-state index contributed by atoms with van der Waals surface area (Å²) in [5.74, 6) is 2.12. The molecule has 1 aromatic heterocycles. The van der Waals surface area contributed by atoms with Gasteiger partial charge in [0.2, 0.25) is 0 Å². The molecule has 0 spiro atoms. The van der Waals surface area contributed by atoms with Gasteiger partial charge >= 0.3 is 0 Å². The molecule has 0 unspecified atom stereocenters. The number of ether oxygens (including phenoxy) is 2. The first-order valence-electron chi connectivity index (χ1n) is 9.34. The molecule has 0 bridgehead atoms. The number of pyridine rings is 1. The molecule has 3 rings (SSSR count). The van der Waals surface area contributed by atoms with Gasteiger partial charge in [0.25, 0.3) is 0 Å². The summed E-state index contributed by atoms with van der Waals surface area (Å²) in [6.45, 7) is 7.66. The average molecular weight is 427 g/mol. The fraction of sp³-hybridized carbons (Fsp3) is 0.550. The lowest BCUT2D eigenvalue weighted by Gasteiger charge is -2.41. The zero-order chi connectivity index (χ0) is 19.4. The predicted molar refractivity (Wildman–Crippen MR) is 121 cm³/mol. The minimum Gasteiger partial charge on any atom is -0.493 e. The minimum atomic E-state index is 0. The third-order valence-electron chi connectivity index (χ3n) is 5.78. The van der Waals surface area contributed by atoms with Gasteiger partial charge in [0.05, 0.1) is 19.7 Å². The summed E-state index contributed by atoms with van der Waals surface area (Å²) in [4.78, 5) is 6.99. The van der Waals surface area contributed by atoms with Crippen molar-refractivity contribution in [2.75, 3.05) is 38.8 Å². The number of halogens is 1. The first-order chi connectivity index (χ1) is 13.0. The first-order valence-corrected chi connectivity index (χ1v) is 10.2. The fourth-order valence-corrected chi connectivity index (χ4v) is 4.46. The summed E-state index contributed by atoms with van der Waals surface area (Å²) in [5.41, 5.74) is 2.37. The van der Waals surface area contributed by atoms with Gasteiger partial charge in [-0.15, -0.1) is 12.4 Å². The standard InChI is InChI=1S/C20H30N4O2S.ClH/c1-20(2,13-23-27-21)14-6-9-24(10-7-14)17-5-8-22-16-12-19(26-4)18(25-3)11-15(16)17;/h5,8,11-12,14,23H,6-7,9-10,13,21H2,1-4H3;1H. The molecule has 0 atom stereocenters. The fourth-order valence-electron chi connectivity index (χ4n) is 4.01. The van der Waals surface area contributed by atoms with Crippen LogP contribution in [0.3, 0.4) is 0 Å². The van der Waals surface area contributed by atoms with Crippen molar-refractivity contribution in [2.24, 2.45) is 16.5 Å². The predicted octanol–water partition coefficient (Wildman–Crippen LogP) is 4.03. The number of benzene rings is 1. The molecular weight excluding hydrogens is 396 g/mol. The number of hydrogen-bond acceptors (Lipinski definition) is 7. The number of nitrogens with one attached hydrogen (secondary N) is 1. The van der Waals surface area contributed by atoms with Gasteiger partial charge in [-0.3, -0.25) is 14.8 Å². The molecule has 1 aromatic carbocycles. The van der Waals surface area contributed by atoms with Gasteiger partial charge in [0.1, 0.15) is 0 Å². The summed E-state index contributed by atoms with van der Waals surface area (Å²) >= 11 is 1.21. The number of aromatic nitrogens is 1. The quantitative estimate of drug-likeness (QED) is 0.647. The lowest BCUT2D eigenvalue weighted by atomic mass is 9.73. The Hall–Kier alpha value is -1.41. The zero-order valence-corrected chi connectivity index (χ0v) is 18.7. The number of nitrogens with zero attached hydrogens (tertiary/aromatic N) is 2. The molecule has 156 valence electrons. The number of rotatable bonds is 7. The van der Waals surface area contributed by atoms with E-state index in [1.807, 2.05) is 18.3 Å². The van der Waals surface area contributed by atoms with E-state index in [0.717, 1.165) is 36.3 Å². The molecule has 1 aliphatic heterocycles. The van der Waals surface area contributed by atoms with Crippen molar-refractivity contribution in [1.29, 1.82) is 0 Å². The Bertz CT molecular complexity index is 782. The van der Waals surface area contributed by atoms with E-state index in [2.05, 4.69) is 34.5 Å². The van der Waals surface area contributed by atoms with Crippen LogP contribution in [-0.4, -0.2) is 38.8 Å². The highest BCUT2D eigenvalue weighted by molar-refractivity contribution is 7.95. The number of fused-ring (bicyclic) bond motifs is 1. The molecule has 0 aliphatic carbocycles. The summed E-state index contributed by atoms with van der Waals surface area (Å²) in [6.07, 6.45) is 4.21. The number of methoxy groups -OCH3 is 2. The summed E-state index contributed by atoms with van der Waals surface area (Å²) < 4.78 is 14.1. The molecule has 2 aromatic rings. The van der Waals surface area contributed by atoms with Crippen LogP contribution in [0.25, 0.3) is 10.9 Å². The van der Waals surface area contributed by atoms with Crippen LogP contribution in [0.15, 0.2) is 24.4 Å². The van der Waals surface area contributed by atoms with E-state index in [1.54, 1.807) is 14.2 Å². The Morgan fingerprint density at radius 3 is 2.46 bits per heavy atom. The van der Waals surface area contributed by atoms with E-state index in [0.29, 0.717) is 11.7 Å². The van der Waals surface area contributed by atoms with Gasteiger partial charge in [-0.25, -0.2) is 0 Å². The van der Waals surface area contributed by atoms with Crippen LogP contribution in [0.1, 0.15) is 26.7 Å². The Kier molecular flexibility index (Phi) is 8.07. The second-order valence-corrected chi connectivity index (χ2v) is 8.27. The van der Waals surface area contributed by atoms with Crippen molar-refractivity contribution < 1.29 is 9.47 Å². The molecule has 1 saturated heterocycles. The van der Waals surface area contributed by atoms with E-state index >= 15 is 0 Å². The van der Waals surface area contributed by atoms with E-state index in [-0.39, 0.29) is 17.8 Å². The molecule has 8 heteroatoms. The molecule has 1 aliphatic rings. The molecule has 6 nitrogen and oxygen atoms in total. The maximum absolute atomic E-state index is 5.53. The van der Waals surface area contributed by atoms with Gasteiger partial charge in [-0.05, 0) is 36.3 Å². The minimum absolute atomic E-state index is 0. The van der Waals surface area contributed by atoms with E-state index in [1.165, 1.54) is 30.7 Å². The highest BCUT2D eigenvalue weighted by Crippen LogP contribution is 2.39. The SMILES string of the molecule is COc1cc2nccc(N3CCC(C(C)(C)CNSN)CC3)c2cc1OC.Cl. The van der Waals surface area contributed by atoms with Gasteiger partial charge in [-0.1, -0.05) is 13.8 Å². The van der Waals surface area contributed by atoms with E-state index < -0.39 is 0 Å². The van der Waals surface area contributed by atoms with Crippen molar-refractivity contribution in [2.45, 2.75) is 26.7 Å². The second-order valence-electron chi connectivity index (χ2n) is 7.74. The zero-order valence-electron chi connectivity index (χ0n) is 17.0. The van der Waals surface area contributed by atoms with Crippen molar-refractivity contribution >= 4 is 41.1 Å². The monoisotopic (exact) mass is 426 g/mol. The van der Waals surface area contributed by atoms with Crippen molar-refractivity contribution in [3.05, 3.63) is 24.4 Å². The van der Waals surface area contributed by atoms with Gasteiger partial charge in [-0.2, -0.15) is 0 Å². The maximum atomic E-state index is 5.53. The number of piperidine rings is 1. The summed E-state index contributed by atoms with van der Waals surface area (Å²) in [7, 11) is 3.32. The van der Waals surface area contributed by atoms with Crippen LogP contribution in [0.4, 0.5) is 5.69 Å². The molecule has 1 fully saturated rings. The second kappa shape index (κ2) is 9.87. The molecule has 0 saturated carbocycles. The number of anilines is 1. The Morgan fingerprint density at radius 1 is 1.21 bits per heavy atom. The molecule has 3 N–H and O–H groups in total. The normalized spacial score (nSPS) is 15.4. The van der Waals surface area contributed by atoms with Gasteiger partial charge in [0, 0.05) is 55.1 Å². The van der Waals surface area contributed by atoms with Crippen molar-refractivity contribution in [3.63, 3.8) is 0 Å². The van der Waals surface area contributed by atoms with Crippen LogP contribution in [0.2, 0.25) is 0 Å². The smallest absolute Gasteiger partial charge is 0.162 e. The topological polar surface area (TPSA) is 72.6 Å². The van der Waals surface area contributed by atoms with Crippen LogP contribution in [-0.2, 0) is 0 Å². The van der Waals surface area contributed by atoms with Gasteiger partial charge < -0.3 is 14.4 Å². The third kappa shape index (κ3) is 4.76. The molecular formula is C20H31ClN4O2S. The number of hydrogen-bond donors (Lipinski definition) is 2. The lowest BCUT2D eigenvalue weighted by molar-refractivity contribution is 0.180. The van der Waals surface area contributed by atoms with Crippen LogP contribution in [0, 0.1) is 11.3 Å². The Balaban J connectivity index is 0.00000280. The lowest BCUT2D eigenvalue weighted by Crippen LogP contribution is -2.42. The van der Waals surface area contributed by atoms with E-state index in [9.17, 15) is 0 Å². The summed E-state index contributed by atoms with van der Waals surface area (Å²) in [5, 5.41) is 6.64. The van der Waals surface area contributed by atoms with Crippen LogP contribution in [0.5, 0.6) is 11.5 Å². The molecule has 2 heterocycles. The van der Waals surface area contributed by atoms with Gasteiger partial charge in [0.15, 0.2) is 11.5 Å². The molecule has 0 radical (unpaired) electrons. The van der Waals surface area contributed by atoms with Crippen LogP contribution >= 0.6 is 24.5 Å². The highest BCUT2D eigenvalue weighted by atomic mass is 35.5. The first kappa shape index (κ1) is 22.9. The van der Waals surface area contributed by atoms with Crippen molar-refractivity contribution in [1.82, 2.24) is 9.71 Å². The van der Waals surface area contributed by atoms with Crippen molar-refractivity contribution in [3.8, 4) is 11.5 Å².